The normalized spacial score (nSPS) is 5.68. The van der Waals surface area contributed by atoms with E-state index in [0.29, 0.717) is 0 Å². The van der Waals surface area contributed by atoms with E-state index >= 15 is 0 Å². The Labute approximate surface area is 169 Å². The van der Waals surface area contributed by atoms with E-state index in [1.807, 2.05) is 0 Å². The van der Waals surface area contributed by atoms with Crippen LogP contribution in [0.1, 0.15) is 0 Å². The van der Waals surface area contributed by atoms with Gasteiger partial charge in [0, 0.05) is 0 Å². The van der Waals surface area contributed by atoms with Gasteiger partial charge in [-0.1, -0.05) is 0 Å². The molecule has 0 saturated heterocycles. The molecule has 0 atom stereocenters. The van der Waals surface area contributed by atoms with Gasteiger partial charge in [-0.05, 0) is 0 Å². The average Bonchev–Trinajstić information content (AvgIpc) is 1.76. The van der Waals surface area contributed by atoms with Gasteiger partial charge in [0.15, 0.2) is 0 Å². The third-order valence-corrected chi connectivity index (χ3v) is 0. The Morgan fingerprint density at radius 1 is 0.263 bits per heavy atom. The molecule has 0 rings (SSSR count). The first-order valence-electron chi connectivity index (χ1n) is 2.83. The molecule has 0 aliphatic heterocycles. The van der Waals surface area contributed by atoms with E-state index in [-0.39, 0.29) is 81.9 Å². The maximum Gasteiger partial charge on any atom is 4.00 e. The molecule has 0 heterocycles. The second-order valence-corrected chi connectivity index (χ2v) is 1.15. The van der Waals surface area contributed by atoms with Gasteiger partial charge in [-0.2, -0.15) is 0 Å². The average molecular weight is 857 g/mol. The molecular formula is B4O12Pb3. The summed E-state index contributed by atoms with van der Waals surface area (Å²) >= 11 is 0. The summed E-state index contributed by atoms with van der Waals surface area (Å²) in [6, 6.07) is 0. The smallest absolute Gasteiger partial charge is 0.907 e. The van der Waals surface area contributed by atoms with Crippen molar-refractivity contribution in [3.8, 4) is 0 Å². The van der Waals surface area contributed by atoms with Crippen molar-refractivity contribution in [2.24, 2.45) is 0 Å². The van der Waals surface area contributed by atoms with E-state index in [0.717, 1.165) is 0 Å². The van der Waals surface area contributed by atoms with Crippen molar-refractivity contribution in [3.63, 3.8) is 0 Å². The molecule has 0 aromatic carbocycles. The Kier molecular flexibility index (Phi) is 83.9. The molecule has 0 bridgehead atoms. The van der Waals surface area contributed by atoms with Crippen LogP contribution in [0, 0.1) is 0 Å². The summed E-state index contributed by atoms with van der Waals surface area (Å²) in [5.74, 6) is 0. The fraction of sp³-hybridized carbons (Fsp3) is 0. The fourth-order valence-corrected chi connectivity index (χ4v) is 0. The maximum absolute atomic E-state index is 8.42. The number of rotatable bonds is 0. The van der Waals surface area contributed by atoms with Gasteiger partial charge in [0.1, 0.15) is 0 Å². The second kappa shape index (κ2) is 37.1. The number of hydrogen-bond acceptors (Lipinski definition) is 12. The van der Waals surface area contributed by atoms with Gasteiger partial charge in [-0.25, -0.2) is 0 Å². The molecule has 0 aromatic rings. The Balaban J connectivity index is -0.0000000192. The van der Waals surface area contributed by atoms with Crippen molar-refractivity contribution in [2.75, 3.05) is 0 Å². The first-order valence-corrected chi connectivity index (χ1v) is 2.83. The molecule has 0 N–H and O–H groups in total. The quantitative estimate of drug-likeness (QED) is 0.206. The fourth-order valence-electron chi connectivity index (χ4n) is 0. The van der Waals surface area contributed by atoms with E-state index in [1.165, 1.54) is 0 Å². The largest absolute Gasteiger partial charge is 4.00 e. The van der Waals surface area contributed by atoms with E-state index < -0.39 is 29.3 Å². The molecule has 0 unspecified atom stereocenters. The van der Waals surface area contributed by atoms with Crippen LogP contribution in [0.3, 0.4) is 0 Å². The van der Waals surface area contributed by atoms with Gasteiger partial charge in [-0.15, -0.1) is 0 Å². The molecule has 0 radical (unpaired) electrons. The van der Waals surface area contributed by atoms with Crippen molar-refractivity contribution in [3.05, 3.63) is 0 Å². The van der Waals surface area contributed by atoms with Crippen molar-refractivity contribution < 1.29 is 60.3 Å². The molecule has 0 saturated carbocycles. The van der Waals surface area contributed by atoms with Crippen LogP contribution in [0.2, 0.25) is 0 Å². The molecule has 0 aromatic heterocycles. The van der Waals surface area contributed by atoms with E-state index in [4.69, 9.17) is 60.3 Å². The molecule has 96 valence electrons. The Hall–Kier alpha value is 2.55. The Morgan fingerprint density at radius 2 is 0.263 bits per heavy atom. The van der Waals surface area contributed by atoms with Crippen LogP contribution in [0.5, 0.6) is 0 Å². The van der Waals surface area contributed by atoms with Gasteiger partial charge in [-0.3, -0.25) is 29.3 Å². The summed E-state index contributed by atoms with van der Waals surface area (Å²) in [6.07, 6.45) is 0. The second-order valence-electron chi connectivity index (χ2n) is 1.15. The Bertz CT molecular complexity index is 68.0. The maximum atomic E-state index is 8.42. The third-order valence-electron chi connectivity index (χ3n) is 0. The molecule has 0 fully saturated rings. The summed E-state index contributed by atoms with van der Waals surface area (Å²) in [6.45, 7) is 0. The summed E-state index contributed by atoms with van der Waals surface area (Å²) in [5, 5.41) is 101. The van der Waals surface area contributed by atoms with Crippen LogP contribution in [0.15, 0.2) is 0 Å². The zero-order chi connectivity index (χ0) is 14.3. The standard InChI is InChI=1S/4BO3.3Pb/c4*2-1(3)4;;;/q4*-3;3*+4. The van der Waals surface area contributed by atoms with Crippen LogP contribution in [0.25, 0.3) is 0 Å². The first-order chi connectivity index (χ1) is 6.93. The summed E-state index contributed by atoms with van der Waals surface area (Å²) in [7, 11) is -11.7. The third kappa shape index (κ3) is 1090. The molecule has 0 aliphatic rings. The predicted molar refractivity (Wildman–Crippen MR) is 40.3 cm³/mol. The molecule has 19 heteroatoms. The summed E-state index contributed by atoms with van der Waals surface area (Å²) in [5.41, 5.74) is 0. The SMILES string of the molecule is [O-]B([O-])[O-].[O-]B([O-])[O-].[O-]B([O-])[O-].[O-]B([O-])[O-].[Pb+4].[Pb+4].[Pb+4]. The zero-order valence-electron chi connectivity index (χ0n) is 8.71. The topological polar surface area (TPSA) is 277 Å². The van der Waals surface area contributed by atoms with Crippen LogP contribution in [-0.4, -0.2) is 111 Å². The minimum absolute atomic E-state index is 0. The van der Waals surface area contributed by atoms with Crippen LogP contribution in [-0.2, 0) is 0 Å². The van der Waals surface area contributed by atoms with Crippen LogP contribution in [0.4, 0.5) is 0 Å². The van der Waals surface area contributed by atoms with Gasteiger partial charge >= 0.3 is 81.9 Å². The molecule has 0 spiro atoms. The molecular weight excluding hydrogens is 857 g/mol. The van der Waals surface area contributed by atoms with Gasteiger partial charge in [0.25, 0.3) is 0 Å². The monoisotopic (exact) mass is 860 g/mol. The zero-order valence-corrected chi connectivity index (χ0v) is 20.4. The van der Waals surface area contributed by atoms with Crippen LogP contribution < -0.4 is 60.3 Å². The molecule has 12 nitrogen and oxygen atoms in total. The Morgan fingerprint density at radius 3 is 0.263 bits per heavy atom. The van der Waals surface area contributed by atoms with E-state index in [9.17, 15) is 0 Å². The summed E-state index contributed by atoms with van der Waals surface area (Å²) < 4.78 is 0. The molecule has 0 amide bonds. The predicted octanol–water partition coefficient (Wildman–Crippen LogP) is -16.9. The number of hydrogen-bond donors (Lipinski definition) is 0. The minimum atomic E-state index is -2.92. The van der Waals surface area contributed by atoms with Crippen molar-refractivity contribution in [1.29, 1.82) is 0 Å². The van der Waals surface area contributed by atoms with Crippen molar-refractivity contribution in [2.45, 2.75) is 0 Å². The summed E-state index contributed by atoms with van der Waals surface area (Å²) in [4.78, 5) is 0. The van der Waals surface area contributed by atoms with Gasteiger partial charge < -0.3 is 60.3 Å². The van der Waals surface area contributed by atoms with Crippen LogP contribution >= 0.6 is 0 Å². The van der Waals surface area contributed by atoms with E-state index in [2.05, 4.69) is 0 Å². The minimum Gasteiger partial charge on any atom is -0.907 e. The first kappa shape index (κ1) is 43.0. The molecule has 19 heavy (non-hydrogen) atoms. The van der Waals surface area contributed by atoms with Gasteiger partial charge in [0.05, 0.1) is 0 Å². The molecule has 0 aliphatic carbocycles. The van der Waals surface area contributed by atoms with Crippen molar-refractivity contribution in [1.82, 2.24) is 0 Å². The van der Waals surface area contributed by atoms with Crippen molar-refractivity contribution >= 4 is 111 Å². The van der Waals surface area contributed by atoms with Gasteiger partial charge in [0.2, 0.25) is 0 Å². The van der Waals surface area contributed by atoms with E-state index in [1.54, 1.807) is 0 Å².